The van der Waals surface area contributed by atoms with Crippen molar-refractivity contribution in [1.82, 2.24) is 14.8 Å². The van der Waals surface area contributed by atoms with E-state index in [0.717, 1.165) is 12.1 Å². The number of carboxylic acid groups (broad SMARTS) is 1. The summed E-state index contributed by atoms with van der Waals surface area (Å²) in [5.41, 5.74) is 0.271. The first-order chi connectivity index (χ1) is 15.7. The maximum atomic E-state index is 13.5. The van der Waals surface area contributed by atoms with Gasteiger partial charge >= 0.3 is 12.1 Å². The molecule has 0 atom stereocenters. The monoisotopic (exact) mass is 477 g/mol. The van der Waals surface area contributed by atoms with Crippen LogP contribution in [0.15, 0.2) is 60.2 Å². The third-order valence-corrected chi connectivity index (χ3v) is 5.41. The predicted octanol–water partition coefficient (Wildman–Crippen LogP) is 5.49. The molecule has 0 radical (unpaired) electrons. The number of benzene rings is 2. The Labute approximate surface area is 188 Å². The van der Waals surface area contributed by atoms with Crippen LogP contribution < -0.4 is 4.74 Å². The molecule has 2 aromatic heterocycles. The third kappa shape index (κ3) is 5.55. The first-order valence-electron chi connectivity index (χ1n) is 9.47. The highest BCUT2D eigenvalue weighted by Crippen LogP contribution is 2.36. The number of carboxylic acids is 1. The zero-order valence-electron chi connectivity index (χ0n) is 16.7. The lowest BCUT2D eigenvalue weighted by Crippen LogP contribution is -2.06. The number of nitrogens with zero attached hydrogens (tertiary/aromatic N) is 3. The molecule has 6 nitrogen and oxygen atoms in total. The molecule has 0 unspecified atom stereocenters. The average Bonchev–Trinajstić information content (AvgIpc) is 3.43. The molecule has 2 aromatic carbocycles. The molecule has 0 saturated carbocycles. The number of rotatable bonds is 7. The van der Waals surface area contributed by atoms with Gasteiger partial charge in [0.25, 0.3) is 0 Å². The van der Waals surface area contributed by atoms with E-state index in [1.54, 1.807) is 5.38 Å². The molecule has 0 amide bonds. The van der Waals surface area contributed by atoms with Crippen LogP contribution in [0.1, 0.15) is 26.5 Å². The van der Waals surface area contributed by atoms with Crippen molar-refractivity contribution < 1.29 is 32.2 Å². The Morgan fingerprint density at radius 3 is 2.58 bits per heavy atom. The molecule has 0 bridgehead atoms. The van der Waals surface area contributed by atoms with Crippen molar-refractivity contribution in [2.75, 3.05) is 0 Å². The molecule has 0 aliphatic carbocycles. The zero-order chi connectivity index (χ0) is 23.6. The second kappa shape index (κ2) is 9.02. The molecule has 4 aromatic rings. The second-order valence-corrected chi connectivity index (χ2v) is 7.96. The summed E-state index contributed by atoms with van der Waals surface area (Å²) >= 11 is 1.21. The summed E-state index contributed by atoms with van der Waals surface area (Å²) in [5.74, 6) is -1.54. The summed E-state index contributed by atoms with van der Waals surface area (Å²) in [5, 5.41) is 15.1. The fourth-order valence-electron chi connectivity index (χ4n) is 2.96. The Morgan fingerprint density at radius 2 is 1.91 bits per heavy atom. The van der Waals surface area contributed by atoms with Gasteiger partial charge in [0, 0.05) is 17.1 Å². The number of halogens is 4. The predicted molar refractivity (Wildman–Crippen MR) is 112 cm³/mol. The Morgan fingerprint density at radius 1 is 1.15 bits per heavy atom. The molecule has 0 spiro atoms. The van der Waals surface area contributed by atoms with Crippen molar-refractivity contribution in [3.8, 4) is 17.0 Å². The maximum Gasteiger partial charge on any atom is 0.416 e. The van der Waals surface area contributed by atoms with Gasteiger partial charge in [-0.1, -0.05) is 12.1 Å². The van der Waals surface area contributed by atoms with Crippen molar-refractivity contribution in [1.29, 1.82) is 0 Å². The van der Waals surface area contributed by atoms with E-state index >= 15 is 0 Å². The smallest absolute Gasteiger partial charge is 0.416 e. The van der Waals surface area contributed by atoms with Crippen LogP contribution in [0, 0.1) is 5.82 Å². The number of carbonyl (C=O) groups is 1. The molecular weight excluding hydrogens is 462 g/mol. The third-order valence-electron chi connectivity index (χ3n) is 4.58. The lowest BCUT2D eigenvalue weighted by Gasteiger charge is -2.13. The van der Waals surface area contributed by atoms with Gasteiger partial charge in [0.05, 0.1) is 29.6 Å². The number of hydrogen-bond donors (Lipinski definition) is 1. The van der Waals surface area contributed by atoms with Crippen molar-refractivity contribution in [2.24, 2.45) is 0 Å². The highest BCUT2D eigenvalue weighted by atomic mass is 32.1. The fourth-order valence-corrected chi connectivity index (χ4v) is 3.75. The molecule has 33 heavy (non-hydrogen) atoms. The minimum Gasteiger partial charge on any atom is -0.489 e. The van der Waals surface area contributed by atoms with Crippen LogP contribution in [0.5, 0.6) is 5.75 Å². The van der Waals surface area contributed by atoms with E-state index < -0.39 is 23.5 Å². The van der Waals surface area contributed by atoms with Crippen molar-refractivity contribution >= 4 is 17.3 Å². The Bertz CT molecular complexity index is 1280. The zero-order valence-corrected chi connectivity index (χ0v) is 17.5. The van der Waals surface area contributed by atoms with E-state index in [1.807, 2.05) is 0 Å². The van der Waals surface area contributed by atoms with Crippen LogP contribution in [0.4, 0.5) is 17.6 Å². The summed E-state index contributed by atoms with van der Waals surface area (Å²) in [6, 6.07) is 8.80. The van der Waals surface area contributed by atoms with E-state index in [0.29, 0.717) is 16.3 Å². The van der Waals surface area contributed by atoms with Crippen LogP contribution in [0.2, 0.25) is 0 Å². The van der Waals surface area contributed by atoms with E-state index in [2.05, 4.69) is 10.1 Å². The SMILES string of the molecule is O=C(O)c1cnn(Cc2nc(-c3cc(OCc4ccc(F)cc4)cc(C(F)(F)F)c3)cs2)c1. The normalized spacial score (nSPS) is 11.5. The number of alkyl halides is 3. The van der Waals surface area contributed by atoms with Crippen LogP contribution in [0.25, 0.3) is 11.3 Å². The first-order valence-corrected chi connectivity index (χ1v) is 10.4. The van der Waals surface area contributed by atoms with E-state index in [9.17, 15) is 22.4 Å². The molecule has 2 heterocycles. The number of aromatic carboxylic acids is 1. The quantitative estimate of drug-likeness (QED) is 0.356. The van der Waals surface area contributed by atoms with Crippen molar-refractivity contribution in [2.45, 2.75) is 19.3 Å². The van der Waals surface area contributed by atoms with E-state index in [-0.39, 0.29) is 30.0 Å². The highest BCUT2D eigenvalue weighted by molar-refractivity contribution is 7.09. The molecular formula is C22H15F4N3O3S. The largest absolute Gasteiger partial charge is 0.489 e. The summed E-state index contributed by atoms with van der Waals surface area (Å²) in [7, 11) is 0. The Balaban J connectivity index is 1.57. The Kier molecular flexibility index (Phi) is 6.14. The van der Waals surface area contributed by atoms with Crippen molar-refractivity contribution in [3.63, 3.8) is 0 Å². The van der Waals surface area contributed by atoms with Gasteiger partial charge in [-0.25, -0.2) is 14.2 Å². The molecule has 11 heteroatoms. The molecule has 0 aliphatic heterocycles. The standard InChI is InChI=1S/C22H15F4N3O3S/c23-17-3-1-13(2-4-17)11-32-18-6-14(5-16(7-18)22(24,25)26)19-12-33-20(28-19)10-29-9-15(8-27-29)21(30)31/h1-9,12H,10-11H2,(H,30,31). The molecule has 170 valence electrons. The van der Waals surface area contributed by atoms with Crippen LogP contribution >= 0.6 is 11.3 Å². The average molecular weight is 477 g/mol. The number of thiazole rings is 1. The lowest BCUT2D eigenvalue weighted by atomic mass is 10.1. The van der Waals surface area contributed by atoms with Gasteiger partial charge in [0.1, 0.15) is 23.2 Å². The van der Waals surface area contributed by atoms with Crippen LogP contribution in [0.3, 0.4) is 0 Å². The van der Waals surface area contributed by atoms with Crippen LogP contribution in [-0.4, -0.2) is 25.8 Å². The summed E-state index contributed by atoms with van der Waals surface area (Å²) in [6.07, 6.45) is -2.05. The van der Waals surface area contributed by atoms with Gasteiger partial charge in [-0.3, -0.25) is 4.68 Å². The molecule has 0 saturated heterocycles. The number of ether oxygens (including phenoxy) is 1. The summed E-state index contributed by atoms with van der Waals surface area (Å²) < 4.78 is 60.3. The number of hydrogen-bond acceptors (Lipinski definition) is 5. The van der Waals surface area contributed by atoms with E-state index in [4.69, 9.17) is 9.84 Å². The fraction of sp³-hybridized carbons (Fsp3) is 0.136. The van der Waals surface area contributed by atoms with Gasteiger partial charge in [-0.15, -0.1) is 11.3 Å². The summed E-state index contributed by atoms with van der Waals surface area (Å²) in [4.78, 5) is 15.3. The van der Waals surface area contributed by atoms with Crippen molar-refractivity contribution in [3.05, 3.63) is 87.8 Å². The molecule has 4 rings (SSSR count). The molecule has 0 fully saturated rings. The molecule has 1 N–H and O–H groups in total. The van der Waals surface area contributed by atoms with Gasteiger partial charge in [0.15, 0.2) is 0 Å². The lowest BCUT2D eigenvalue weighted by molar-refractivity contribution is -0.137. The second-order valence-electron chi connectivity index (χ2n) is 7.02. The maximum absolute atomic E-state index is 13.5. The summed E-state index contributed by atoms with van der Waals surface area (Å²) in [6.45, 7) is 0.138. The minimum atomic E-state index is -4.59. The first kappa shape index (κ1) is 22.5. The van der Waals surface area contributed by atoms with Gasteiger partial charge in [-0.05, 0) is 35.9 Å². The van der Waals surface area contributed by atoms with Gasteiger partial charge in [-0.2, -0.15) is 18.3 Å². The van der Waals surface area contributed by atoms with Gasteiger partial charge < -0.3 is 9.84 Å². The van der Waals surface area contributed by atoms with E-state index in [1.165, 1.54) is 58.7 Å². The Hall–Kier alpha value is -3.73. The number of aromatic nitrogens is 3. The van der Waals surface area contributed by atoms with Gasteiger partial charge in [0.2, 0.25) is 0 Å². The van der Waals surface area contributed by atoms with Crippen LogP contribution in [-0.2, 0) is 19.3 Å². The topological polar surface area (TPSA) is 77.2 Å². The minimum absolute atomic E-state index is 0.00289. The molecule has 0 aliphatic rings. The highest BCUT2D eigenvalue weighted by Gasteiger charge is 2.32.